The molecule has 1 aromatic carbocycles. The van der Waals surface area contributed by atoms with Crippen molar-refractivity contribution in [1.29, 1.82) is 0 Å². The number of nitrogens with one attached hydrogen (secondary N) is 1. The molecule has 4 N–H and O–H groups in total. The largest absolute Gasteiger partial charge is 0.496 e. The Morgan fingerprint density at radius 1 is 1.42 bits per heavy atom. The van der Waals surface area contributed by atoms with E-state index in [1.54, 1.807) is 0 Å². The molecule has 0 bridgehead atoms. The highest BCUT2D eigenvalue weighted by atomic mass is 16.5. The van der Waals surface area contributed by atoms with E-state index in [1.165, 1.54) is 7.11 Å². The van der Waals surface area contributed by atoms with E-state index >= 15 is 0 Å². The molecule has 6 heteroatoms. The van der Waals surface area contributed by atoms with Gasteiger partial charge in [-0.25, -0.2) is 9.78 Å². The second-order valence-corrected chi connectivity index (χ2v) is 4.31. The second-order valence-electron chi connectivity index (χ2n) is 4.31. The van der Waals surface area contributed by atoms with Crippen LogP contribution in [0.25, 0.3) is 11.3 Å². The van der Waals surface area contributed by atoms with Crippen molar-refractivity contribution in [2.24, 2.45) is 0 Å². The van der Waals surface area contributed by atoms with Gasteiger partial charge in [-0.05, 0) is 31.0 Å². The van der Waals surface area contributed by atoms with Crippen LogP contribution in [0.15, 0.2) is 12.1 Å². The molecule has 0 aliphatic rings. The molecule has 0 aliphatic carbocycles. The smallest absolute Gasteiger partial charge is 0.354 e. The van der Waals surface area contributed by atoms with Gasteiger partial charge in [0, 0.05) is 5.56 Å². The van der Waals surface area contributed by atoms with Gasteiger partial charge in [-0.1, -0.05) is 6.07 Å². The number of benzene rings is 1. The Kier molecular flexibility index (Phi) is 3.16. The molecule has 1 heterocycles. The van der Waals surface area contributed by atoms with Crippen molar-refractivity contribution in [2.45, 2.75) is 13.8 Å². The molecule has 0 atom stereocenters. The summed E-state index contributed by atoms with van der Waals surface area (Å²) in [6.07, 6.45) is 0. The number of carboxylic acid groups (broad SMARTS) is 1. The molecule has 6 nitrogen and oxygen atoms in total. The van der Waals surface area contributed by atoms with E-state index in [9.17, 15) is 9.90 Å². The zero-order chi connectivity index (χ0) is 14.2. The van der Waals surface area contributed by atoms with Crippen LogP contribution in [0.1, 0.15) is 21.6 Å². The summed E-state index contributed by atoms with van der Waals surface area (Å²) in [5.41, 5.74) is 8.32. The monoisotopic (exact) mass is 261 g/mol. The van der Waals surface area contributed by atoms with Gasteiger partial charge in [0.25, 0.3) is 0 Å². The van der Waals surface area contributed by atoms with Gasteiger partial charge in [-0.3, -0.25) is 0 Å². The van der Waals surface area contributed by atoms with E-state index < -0.39 is 5.97 Å². The number of aromatic amines is 1. The number of aryl methyl sites for hydroxylation is 2. The lowest BCUT2D eigenvalue weighted by Crippen LogP contribution is -2.01. The molecule has 0 spiro atoms. The number of methoxy groups -OCH3 is 1. The second kappa shape index (κ2) is 4.64. The highest BCUT2D eigenvalue weighted by Crippen LogP contribution is 2.35. The fourth-order valence-corrected chi connectivity index (χ4v) is 2.14. The minimum Gasteiger partial charge on any atom is -0.496 e. The summed E-state index contributed by atoms with van der Waals surface area (Å²) >= 11 is 0. The van der Waals surface area contributed by atoms with Gasteiger partial charge in [0.15, 0.2) is 11.6 Å². The molecule has 2 aromatic rings. The van der Waals surface area contributed by atoms with Crippen LogP contribution in [-0.4, -0.2) is 28.2 Å². The van der Waals surface area contributed by atoms with Crippen LogP contribution in [0.4, 0.5) is 5.95 Å². The normalized spacial score (nSPS) is 10.5. The van der Waals surface area contributed by atoms with Crippen LogP contribution in [0.2, 0.25) is 0 Å². The number of aromatic nitrogens is 2. The fourth-order valence-electron chi connectivity index (χ4n) is 2.14. The van der Waals surface area contributed by atoms with Gasteiger partial charge < -0.3 is 20.6 Å². The van der Waals surface area contributed by atoms with Crippen molar-refractivity contribution in [3.05, 3.63) is 29.0 Å². The van der Waals surface area contributed by atoms with E-state index in [-0.39, 0.29) is 17.3 Å². The standard InChI is InChI=1S/C13H15N3O3/c1-6-4-7(2)11(19-3)8(5-6)9-10(12(17)18)16-13(14)15-9/h4-5H,1-3H3,(H,17,18)(H3,14,15,16). The predicted molar refractivity (Wildman–Crippen MR) is 71.4 cm³/mol. The topological polar surface area (TPSA) is 101 Å². The summed E-state index contributed by atoms with van der Waals surface area (Å²) in [6, 6.07) is 3.78. The van der Waals surface area contributed by atoms with E-state index in [4.69, 9.17) is 10.5 Å². The molecule has 2 rings (SSSR count). The lowest BCUT2D eigenvalue weighted by molar-refractivity contribution is 0.0692. The molecular weight excluding hydrogens is 246 g/mol. The SMILES string of the molecule is COc1c(C)cc(C)cc1-c1nc(N)[nH]c1C(=O)O. The molecule has 0 aliphatic heterocycles. The number of carboxylic acids is 1. The van der Waals surface area contributed by atoms with Crippen molar-refractivity contribution in [3.8, 4) is 17.0 Å². The maximum Gasteiger partial charge on any atom is 0.354 e. The molecule has 0 saturated carbocycles. The number of imidazole rings is 1. The maximum atomic E-state index is 11.2. The Bertz CT molecular complexity index is 647. The third kappa shape index (κ3) is 2.24. The molecule has 0 unspecified atom stereocenters. The number of aromatic carboxylic acids is 1. The first-order valence-electron chi connectivity index (χ1n) is 5.68. The number of hydrogen-bond donors (Lipinski definition) is 3. The Morgan fingerprint density at radius 2 is 2.11 bits per heavy atom. The third-order valence-corrected chi connectivity index (χ3v) is 2.81. The number of nitrogens with two attached hydrogens (primary N) is 1. The molecule has 0 saturated heterocycles. The van der Waals surface area contributed by atoms with Crippen molar-refractivity contribution >= 4 is 11.9 Å². The molecule has 0 fully saturated rings. The predicted octanol–water partition coefficient (Wildman–Crippen LogP) is 1.98. The molecule has 0 radical (unpaired) electrons. The lowest BCUT2D eigenvalue weighted by atomic mass is 10.0. The van der Waals surface area contributed by atoms with E-state index in [1.807, 2.05) is 26.0 Å². The summed E-state index contributed by atoms with van der Waals surface area (Å²) < 4.78 is 5.34. The van der Waals surface area contributed by atoms with Crippen LogP contribution in [-0.2, 0) is 0 Å². The van der Waals surface area contributed by atoms with Gasteiger partial charge in [0.05, 0.1) is 7.11 Å². The zero-order valence-corrected chi connectivity index (χ0v) is 10.9. The number of nitrogen functional groups attached to an aromatic ring is 1. The highest BCUT2D eigenvalue weighted by molar-refractivity contribution is 5.94. The number of H-pyrrole nitrogens is 1. The van der Waals surface area contributed by atoms with Gasteiger partial charge in [-0.15, -0.1) is 0 Å². The first-order chi connectivity index (χ1) is 8.93. The van der Waals surface area contributed by atoms with E-state index in [0.717, 1.165) is 11.1 Å². The van der Waals surface area contributed by atoms with Gasteiger partial charge in [0.1, 0.15) is 11.4 Å². The number of rotatable bonds is 3. The number of hydrogen-bond acceptors (Lipinski definition) is 4. The molecule has 1 aromatic heterocycles. The fraction of sp³-hybridized carbons (Fsp3) is 0.231. The van der Waals surface area contributed by atoms with Gasteiger partial charge in [-0.2, -0.15) is 0 Å². The first kappa shape index (κ1) is 12.9. The molecule has 100 valence electrons. The quantitative estimate of drug-likeness (QED) is 0.784. The average molecular weight is 261 g/mol. The van der Waals surface area contributed by atoms with Crippen LogP contribution in [0.5, 0.6) is 5.75 Å². The minimum atomic E-state index is -1.11. The third-order valence-electron chi connectivity index (χ3n) is 2.81. The van der Waals surface area contributed by atoms with Gasteiger partial charge in [0.2, 0.25) is 0 Å². The van der Waals surface area contributed by atoms with Gasteiger partial charge >= 0.3 is 5.97 Å². The summed E-state index contributed by atoms with van der Waals surface area (Å²) in [4.78, 5) is 17.8. The Balaban J connectivity index is 2.74. The lowest BCUT2D eigenvalue weighted by Gasteiger charge is -2.11. The first-order valence-corrected chi connectivity index (χ1v) is 5.68. The summed E-state index contributed by atoms with van der Waals surface area (Å²) in [5.74, 6) is -0.450. The number of anilines is 1. The number of nitrogens with zero attached hydrogens (tertiary/aromatic N) is 1. The van der Waals surface area contributed by atoms with Crippen molar-refractivity contribution in [1.82, 2.24) is 9.97 Å². The van der Waals surface area contributed by atoms with Crippen molar-refractivity contribution < 1.29 is 14.6 Å². The van der Waals surface area contributed by atoms with Crippen LogP contribution in [0, 0.1) is 13.8 Å². The van der Waals surface area contributed by atoms with Crippen molar-refractivity contribution in [3.63, 3.8) is 0 Å². The van der Waals surface area contributed by atoms with E-state index in [0.29, 0.717) is 11.3 Å². The average Bonchev–Trinajstić information content (AvgIpc) is 2.70. The van der Waals surface area contributed by atoms with Crippen molar-refractivity contribution in [2.75, 3.05) is 12.8 Å². The Labute approximate surface area is 110 Å². The summed E-state index contributed by atoms with van der Waals surface area (Å²) in [5, 5.41) is 9.17. The summed E-state index contributed by atoms with van der Waals surface area (Å²) in [7, 11) is 1.54. The molecule has 0 amide bonds. The Morgan fingerprint density at radius 3 is 2.68 bits per heavy atom. The van der Waals surface area contributed by atoms with Crippen LogP contribution in [0.3, 0.4) is 0 Å². The highest BCUT2D eigenvalue weighted by Gasteiger charge is 2.21. The maximum absolute atomic E-state index is 11.2. The van der Waals surface area contributed by atoms with Crippen LogP contribution >= 0.6 is 0 Å². The minimum absolute atomic E-state index is 0.0409. The summed E-state index contributed by atoms with van der Waals surface area (Å²) in [6.45, 7) is 3.82. The molecular formula is C13H15N3O3. The number of carbonyl (C=O) groups is 1. The molecule has 19 heavy (non-hydrogen) atoms. The number of ether oxygens (including phenoxy) is 1. The zero-order valence-electron chi connectivity index (χ0n) is 10.9. The van der Waals surface area contributed by atoms with E-state index in [2.05, 4.69) is 9.97 Å². The Hall–Kier alpha value is -2.50. The van der Waals surface area contributed by atoms with Crippen LogP contribution < -0.4 is 10.5 Å².